The normalized spacial score (nSPS) is 12.3. The number of ether oxygens (including phenoxy) is 1. The second-order valence-corrected chi connectivity index (χ2v) is 7.41. The van der Waals surface area contributed by atoms with Crippen molar-refractivity contribution in [1.29, 1.82) is 0 Å². The maximum atomic E-state index is 11.8. The quantitative estimate of drug-likeness (QED) is 0.877. The summed E-state index contributed by atoms with van der Waals surface area (Å²) in [6.45, 7) is 12.9. The highest BCUT2D eigenvalue weighted by Crippen LogP contribution is 2.12. The van der Waals surface area contributed by atoms with Crippen LogP contribution in [-0.4, -0.2) is 28.8 Å². The van der Waals surface area contributed by atoms with E-state index in [0.29, 0.717) is 6.54 Å². The van der Waals surface area contributed by atoms with Gasteiger partial charge in [-0.05, 0) is 41.5 Å². The molecule has 6 heteroatoms. The lowest BCUT2D eigenvalue weighted by Crippen LogP contribution is -2.51. The Hall–Kier alpha value is -1.14. The number of nitrogens with one attached hydrogen (secondary N) is 2. The van der Waals surface area contributed by atoms with Crippen LogP contribution in [0.3, 0.4) is 0 Å². The number of hydrogen-bond acceptors (Lipinski definition) is 5. The maximum absolute atomic E-state index is 11.8. The largest absolute Gasteiger partial charge is 0.444 e. The van der Waals surface area contributed by atoms with Crippen LogP contribution in [0, 0.1) is 6.92 Å². The topological polar surface area (TPSA) is 63.2 Å². The molecule has 20 heavy (non-hydrogen) atoms. The van der Waals surface area contributed by atoms with Crippen LogP contribution in [0.2, 0.25) is 0 Å². The third kappa shape index (κ3) is 6.34. The minimum absolute atomic E-state index is 0.374. The Morgan fingerprint density at radius 2 is 2.00 bits per heavy atom. The van der Waals surface area contributed by atoms with E-state index in [1.807, 2.05) is 47.1 Å². The van der Waals surface area contributed by atoms with E-state index in [1.165, 1.54) is 4.88 Å². The molecule has 0 bridgehead atoms. The molecule has 0 unspecified atom stereocenters. The second-order valence-electron chi connectivity index (χ2n) is 6.48. The van der Waals surface area contributed by atoms with Crippen molar-refractivity contribution >= 4 is 17.4 Å². The third-order valence-electron chi connectivity index (χ3n) is 2.54. The van der Waals surface area contributed by atoms with Gasteiger partial charge in [0.15, 0.2) is 0 Å². The van der Waals surface area contributed by atoms with Crippen molar-refractivity contribution < 1.29 is 9.53 Å². The van der Waals surface area contributed by atoms with Crippen molar-refractivity contribution in [3.05, 3.63) is 16.1 Å². The first kappa shape index (κ1) is 16.9. The van der Waals surface area contributed by atoms with E-state index in [1.54, 1.807) is 11.3 Å². The van der Waals surface area contributed by atoms with Gasteiger partial charge in [0.25, 0.3) is 0 Å². The number of aromatic nitrogens is 1. The number of carbonyl (C=O) groups is 1. The predicted octanol–water partition coefficient (Wildman–Crippen LogP) is 2.84. The van der Waals surface area contributed by atoms with Gasteiger partial charge < -0.3 is 15.4 Å². The van der Waals surface area contributed by atoms with Crippen LogP contribution in [0.15, 0.2) is 5.51 Å². The fourth-order valence-electron chi connectivity index (χ4n) is 1.61. The molecule has 0 saturated heterocycles. The van der Waals surface area contributed by atoms with Gasteiger partial charge in [-0.25, -0.2) is 9.78 Å². The average molecular weight is 299 g/mol. The first-order valence-corrected chi connectivity index (χ1v) is 7.58. The smallest absolute Gasteiger partial charge is 0.408 e. The molecule has 0 aromatic carbocycles. The minimum Gasteiger partial charge on any atom is -0.444 e. The molecule has 1 amide bonds. The van der Waals surface area contributed by atoms with Crippen LogP contribution in [0.25, 0.3) is 0 Å². The van der Waals surface area contributed by atoms with Gasteiger partial charge in [-0.3, -0.25) is 0 Å². The van der Waals surface area contributed by atoms with Crippen molar-refractivity contribution in [3.8, 4) is 0 Å². The van der Waals surface area contributed by atoms with E-state index in [0.717, 1.165) is 12.2 Å². The SMILES string of the molecule is Cc1ncsc1CNCC(C)(C)NC(=O)OC(C)(C)C. The van der Waals surface area contributed by atoms with Crippen LogP contribution in [-0.2, 0) is 11.3 Å². The summed E-state index contributed by atoms with van der Waals surface area (Å²) in [4.78, 5) is 17.2. The molecule has 0 aliphatic rings. The number of hydrogen-bond donors (Lipinski definition) is 2. The summed E-state index contributed by atoms with van der Waals surface area (Å²) in [7, 11) is 0. The zero-order valence-electron chi connectivity index (χ0n) is 13.2. The summed E-state index contributed by atoms with van der Waals surface area (Å²) in [5.41, 5.74) is 2.05. The monoisotopic (exact) mass is 299 g/mol. The van der Waals surface area contributed by atoms with E-state index >= 15 is 0 Å². The van der Waals surface area contributed by atoms with Crippen LogP contribution in [0.4, 0.5) is 4.79 Å². The molecule has 1 heterocycles. The van der Waals surface area contributed by atoms with E-state index in [9.17, 15) is 4.79 Å². The predicted molar refractivity (Wildman–Crippen MR) is 82.0 cm³/mol. The molecule has 0 atom stereocenters. The highest BCUT2D eigenvalue weighted by molar-refractivity contribution is 7.09. The number of thiazole rings is 1. The first-order valence-electron chi connectivity index (χ1n) is 6.70. The Bertz CT molecular complexity index is 450. The molecule has 1 aromatic rings. The molecular formula is C14H25N3O2S. The fourth-order valence-corrected chi connectivity index (χ4v) is 2.36. The van der Waals surface area contributed by atoms with Crippen LogP contribution >= 0.6 is 11.3 Å². The van der Waals surface area contributed by atoms with Gasteiger partial charge >= 0.3 is 6.09 Å². The molecule has 0 radical (unpaired) electrons. The first-order chi connectivity index (χ1) is 9.09. The third-order valence-corrected chi connectivity index (χ3v) is 3.47. The van der Waals surface area contributed by atoms with Gasteiger partial charge in [-0.2, -0.15) is 0 Å². The van der Waals surface area contributed by atoms with Crippen LogP contribution in [0.1, 0.15) is 45.2 Å². The molecule has 0 saturated carbocycles. The molecular weight excluding hydrogens is 274 g/mol. The Morgan fingerprint density at radius 3 is 2.50 bits per heavy atom. The van der Waals surface area contributed by atoms with Crippen LogP contribution in [0.5, 0.6) is 0 Å². The van der Waals surface area contributed by atoms with Gasteiger partial charge in [0.1, 0.15) is 5.60 Å². The highest BCUT2D eigenvalue weighted by Gasteiger charge is 2.24. The van der Waals surface area contributed by atoms with Crippen molar-refractivity contribution in [3.63, 3.8) is 0 Å². The summed E-state index contributed by atoms with van der Waals surface area (Å²) in [5, 5.41) is 6.21. The minimum atomic E-state index is -0.479. The number of alkyl carbamates (subject to hydrolysis) is 1. The van der Waals surface area contributed by atoms with Gasteiger partial charge in [-0.15, -0.1) is 11.3 Å². The molecule has 0 aliphatic carbocycles. The molecule has 2 N–H and O–H groups in total. The summed E-state index contributed by atoms with van der Waals surface area (Å²) in [5.74, 6) is 0. The van der Waals surface area contributed by atoms with Gasteiger partial charge in [-0.1, -0.05) is 0 Å². The van der Waals surface area contributed by atoms with E-state index < -0.39 is 11.7 Å². The zero-order valence-corrected chi connectivity index (χ0v) is 14.0. The zero-order chi connectivity index (χ0) is 15.4. The number of amides is 1. The van der Waals surface area contributed by atoms with E-state index in [-0.39, 0.29) is 5.54 Å². The lowest BCUT2D eigenvalue weighted by atomic mass is 10.1. The molecule has 0 fully saturated rings. The Labute approximate surface area is 125 Å². The summed E-state index contributed by atoms with van der Waals surface area (Å²) in [6, 6.07) is 0. The van der Waals surface area contributed by atoms with Gasteiger partial charge in [0.2, 0.25) is 0 Å². The number of aryl methyl sites for hydroxylation is 1. The number of carbonyl (C=O) groups excluding carboxylic acids is 1. The van der Waals surface area contributed by atoms with Crippen molar-refractivity contribution in [2.75, 3.05) is 6.54 Å². The molecule has 5 nitrogen and oxygen atoms in total. The average Bonchev–Trinajstić information content (AvgIpc) is 2.60. The standard InChI is InChI=1S/C14H25N3O2S/c1-10-11(20-9-16-10)7-15-8-14(5,6)17-12(18)19-13(2,3)4/h9,15H,7-8H2,1-6H3,(H,17,18). The maximum Gasteiger partial charge on any atom is 0.408 e. The summed E-state index contributed by atoms with van der Waals surface area (Å²) < 4.78 is 5.26. The molecule has 1 rings (SSSR count). The number of nitrogens with zero attached hydrogens (tertiary/aromatic N) is 1. The highest BCUT2D eigenvalue weighted by atomic mass is 32.1. The van der Waals surface area contributed by atoms with Crippen molar-refractivity contribution in [2.24, 2.45) is 0 Å². The Kier molecular flexibility index (Phi) is 5.53. The number of rotatable bonds is 5. The van der Waals surface area contributed by atoms with Crippen molar-refractivity contribution in [2.45, 2.75) is 59.2 Å². The van der Waals surface area contributed by atoms with Crippen molar-refractivity contribution in [1.82, 2.24) is 15.6 Å². The molecule has 0 spiro atoms. The summed E-state index contributed by atoms with van der Waals surface area (Å²) >= 11 is 1.64. The van der Waals surface area contributed by atoms with Crippen LogP contribution < -0.4 is 10.6 Å². The summed E-state index contributed by atoms with van der Waals surface area (Å²) in [6.07, 6.45) is -0.390. The lowest BCUT2D eigenvalue weighted by Gasteiger charge is -2.28. The van der Waals surface area contributed by atoms with E-state index in [4.69, 9.17) is 4.74 Å². The molecule has 114 valence electrons. The van der Waals surface area contributed by atoms with E-state index in [2.05, 4.69) is 15.6 Å². The lowest BCUT2D eigenvalue weighted by molar-refractivity contribution is 0.0472. The Morgan fingerprint density at radius 1 is 1.35 bits per heavy atom. The second kappa shape index (κ2) is 6.54. The van der Waals surface area contributed by atoms with Gasteiger partial charge in [0.05, 0.1) is 16.7 Å². The fraction of sp³-hybridized carbons (Fsp3) is 0.714. The molecule has 0 aliphatic heterocycles. The van der Waals surface area contributed by atoms with Gasteiger partial charge in [0, 0.05) is 18.0 Å². The molecule has 1 aromatic heterocycles. The Balaban J connectivity index is 2.38.